The summed E-state index contributed by atoms with van der Waals surface area (Å²) in [5, 5.41) is 2.91. The van der Waals surface area contributed by atoms with E-state index in [1.165, 1.54) is 0 Å². The lowest BCUT2D eigenvalue weighted by atomic mass is 10.0. The van der Waals surface area contributed by atoms with Crippen molar-refractivity contribution < 1.29 is 14.3 Å². The summed E-state index contributed by atoms with van der Waals surface area (Å²) < 4.78 is 6.61. The van der Waals surface area contributed by atoms with Gasteiger partial charge >= 0.3 is 0 Å². The summed E-state index contributed by atoms with van der Waals surface area (Å²) in [7, 11) is 0. The van der Waals surface area contributed by atoms with Crippen LogP contribution in [-0.2, 0) is 9.59 Å². The minimum Gasteiger partial charge on any atom is -0.492 e. The quantitative estimate of drug-likeness (QED) is 0.681. The predicted molar refractivity (Wildman–Crippen MR) is 107 cm³/mol. The van der Waals surface area contributed by atoms with Crippen LogP contribution in [0.15, 0.2) is 59.1 Å². The Bertz CT molecular complexity index is 782. The predicted octanol–water partition coefficient (Wildman–Crippen LogP) is 3.70. The van der Waals surface area contributed by atoms with E-state index in [9.17, 15) is 9.59 Å². The maximum Gasteiger partial charge on any atom is 0.247 e. The second-order valence-corrected chi connectivity index (χ2v) is 7.37. The smallest absolute Gasteiger partial charge is 0.247 e. The Balaban J connectivity index is 1.62. The molecule has 1 N–H and O–H groups in total. The van der Waals surface area contributed by atoms with Crippen molar-refractivity contribution in [3.05, 3.63) is 64.6 Å². The lowest BCUT2D eigenvalue weighted by molar-refractivity contribution is -0.142. The van der Waals surface area contributed by atoms with E-state index in [0.717, 1.165) is 28.6 Å². The molecule has 2 aromatic carbocycles. The monoisotopic (exact) mass is 430 g/mol. The Kier molecular flexibility index (Phi) is 6.87. The molecule has 2 amide bonds. The Hall–Kier alpha value is -2.34. The van der Waals surface area contributed by atoms with Crippen molar-refractivity contribution in [1.29, 1.82) is 0 Å². The van der Waals surface area contributed by atoms with Gasteiger partial charge in [0.25, 0.3) is 0 Å². The molecule has 1 fully saturated rings. The molecule has 27 heavy (non-hydrogen) atoms. The largest absolute Gasteiger partial charge is 0.492 e. The van der Waals surface area contributed by atoms with Gasteiger partial charge < -0.3 is 15.0 Å². The number of ether oxygens (including phenoxy) is 1. The first kappa shape index (κ1) is 19.4. The van der Waals surface area contributed by atoms with Crippen LogP contribution in [0.25, 0.3) is 0 Å². The van der Waals surface area contributed by atoms with E-state index in [1.807, 2.05) is 54.6 Å². The zero-order valence-electron chi connectivity index (χ0n) is 15.1. The standard InChI is InChI=1S/C21H23BrN2O3/c22-17-9-6-10-18(15-17)27-14-12-23-21(26)20(16-7-2-1-3-8-16)24-13-5-4-11-19(24)25/h1-3,6-10,15,20H,4-5,11-14H2,(H,23,26). The SMILES string of the molecule is O=C(NCCOc1cccc(Br)c1)C(c1ccccc1)N1CCCCC1=O. The topological polar surface area (TPSA) is 58.6 Å². The molecular formula is C21H23BrN2O3. The van der Waals surface area contributed by atoms with E-state index in [0.29, 0.717) is 26.1 Å². The van der Waals surface area contributed by atoms with Crippen LogP contribution in [0.5, 0.6) is 5.75 Å². The highest BCUT2D eigenvalue weighted by molar-refractivity contribution is 9.10. The van der Waals surface area contributed by atoms with Crippen LogP contribution >= 0.6 is 15.9 Å². The van der Waals surface area contributed by atoms with Crippen molar-refractivity contribution in [3.63, 3.8) is 0 Å². The number of benzene rings is 2. The van der Waals surface area contributed by atoms with Gasteiger partial charge in [-0.15, -0.1) is 0 Å². The molecule has 1 heterocycles. The number of hydrogen-bond acceptors (Lipinski definition) is 3. The first-order valence-electron chi connectivity index (χ1n) is 9.15. The number of nitrogens with one attached hydrogen (secondary N) is 1. The van der Waals surface area contributed by atoms with Crippen molar-refractivity contribution in [2.24, 2.45) is 0 Å². The van der Waals surface area contributed by atoms with Crippen molar-refractivity contribution in [2.45, 2.75) is 25.3 Å². The summed E-state index contributed by atoms with van der Waals surface area (Å²) in [5.74, 6) is 0.606. The Morgan fingerprint density at radius 1 is 1.15 bits per heavy atom. The number of carbonyl (C=O) groups excluding carboxylic acids is 2. The number of rotatable bonds is 7. The second-order valence-electron chi connectivity index (χ2n) is 6.45. The first-order chi connectivity index (χ1) is 13.1. The van der Waals surface area contributed by atoms with E-state index in [1.54, 1.807) is 4.90 Å². The number of nitrogens with zero attached hydrogens (tertiary/aromatic N) is 1. The van der Waals surface area contributed by atoms with E-state index < -0.39 is 6.04 Å². The minimum atomic E-state index is -0.593. The third-order valence-corrected chi connectivity index (χ3v) is 4.99. The van der Waals surface area contributed by atoms with Crippen LogP contribution in [0, 0.1) is 0 Å². The summed E-state index contributed by atoms with van der Waals surface area (Å²) >= 11 is 3.40. The zero-order chi connectivity index (χ0) is 19.1. The zero-order valence-corrected chi connectivity index (χ0v) is 16.7. The molecule has 3 rings (SSSR count). The molecule has 0 aliphatic carbocycles. The van der Waals surface area contributed by atoms with Crippen LogP contribution in [0.1, 0.15) is 30.9 Å². The molecule has 0 bridgehead atoms. The lowest BCUT2D eigenvalue weighted by Crippen LogP contribution is -2.46. The Labute approximate surface area is 167 Å². The molecule has 6 heteroatoms. The first-order valence-corrected chi connectivity index (χ1v) is 9.95. The average molecular weight is 431 g/mol. The van der Waals surface area contributed by atoms with Gasteiger partial charge in [0, 0.05) is 17.4 Å². The molecule has 1 aliphatic rings. The fourth-order valence-electron chi connectivity index (χ4n) is 3.20. The lowest BCUT2D eigenvalue weighted by Gasteiger charge is -2.34. The van der Waals surface area contributed by atoms with Gasteiger partial charge in [0.05, 0.1) is 6.54 Å². The fraction of sp³-hybridized carbons (Fsp3) is 0.333. The molecule has 1 aliphatic heterocycles. The minimum absolute atomic E-state index is 0.0376. The molecule has 2 aromatic rings. The Morgan fingerprint density at radius 2 is 1.96 bits per heavy atom. The van der Waals surface area contributed by atoms with Gasteiger partial charge in [0.2, 0.25) is 11.8 Å². The summed E-state index contributed by atoms with van der Waals surface area (Å²) in [5.41, 5.74) is 0.832. The molecule has 1 unspecified atom stereocenters. The van der Waals surface area contributed by atoms with Crippen LogP contribution in [0.4, 0.5) is 0 Å². The summed E-state index contributed by atoms with van der Waals surface area (Å²) in [4.78, 5) is 27.0. The highest BCUT2D eigenvalue weighted by Gasteiger charge is 2.32. The molecule has 1 atom stereocenters. The maximum atomic E-state index is 12.9. The average Bonchev–Trinajstić information content (AvgIpc) is 2.68. The van der Waals surface area contributed by atoms with Crippen LogP contribution in [-0.4, -0.2) is 36.4 Å². The van der Waals surface area contributed by atoms with Crippen molar-refractivity contribution in [1.82, 2.24) is 10.2 Å². The summed E-state index contributed by atoms with van der Waals surface area (Å²) in [6.45, 7) is 1.34. The highest BCUT2D eigenvalue weighted by atomic mass is 79.9. The van der Waals surface area contributed by atoms with Gasteiger partial charge in [0.1, 0.15) is 18.4 Å². The van der Waals surface area contributed by atoms with E-state index in [2.05, 4.69) is 21.2 Å². The van der Waals surface area contributed by atoms with Crippen molar-refractivity contribution >= 4 is 27.7 Å². The van der Waals surface area contributed by atoms with Crippen molar-refractivity contribution in [3.8, 4) is 5.75 Å². The maximum absolute atomic E-state index is 12.9. The number of piperidine rings is 1. The molecule has 5 nitrogen and oxygen atoms in total. The molecule has 142 valence electrons. The van der Waals surface area contributed by atoms with E-state index in [4.69, 9.17) is 4.74 Å². The van der Waals surface area contributed by atoms with Gasteiger partial charge in [-0.2, -0.15) is 0 Å². The molecule has 0 aromatic heterocycles. The molecular weight excluding hydrogens is 408 g/mol. The van der Waals surface area contributed by atoms with Gasteiger partial charge in [-0.3, -0.25) is 9.59 Å². The molecule has 0 radical (unpaired) electrons. The number of carbonyl (C=O) groups is 2. The number of hydrogen-bond donors (Lipinski definition) is 1. The Morgan fingerprint density at radius 3 is 2.70 bits per heavy atom. The molecule has 1 saturated heterocycles. The van der Waals surface area contributed by atoms with E-state index >= 15 is 0 Å². The third-order valence-electron chi connectivity index (χ3n) is 4.50. The summed E-state index contributed by atoms with van der Waals surface area (Å²) in [6, 6.07) is 16.4. The van der Waals surface area contributed by atoms with Crippen LogP contribution in [0.3, 0.4) is 0 Å². The molecule has 0 saturated carbocycles. The summed E-state index contributed by atoms with van der Waals surface area (Å²) in [6.07, 6.45) is 2.32. The van der Waals surface area contributed by atoms with Crippen molar-refractivity contribution in [2.75, 3.05) is 19.7 Å². The third kappa shape index (κ3) is 5.32. The van der Waals surface area contributed by atoms with Gasteiger partial charge in [-0.05, 0) is 36.6 Å². The van der Waals surface area contributed by atoms with Crippen LogP contribution < -0.4 is 10.1 Å². The van der Waals surface area contributed by atoms with E-state index in [-0.39, 0.29) is 11.8 Å². The van der Waals surface area contributed by atoms with Gasteiger partial charge in [0.15, 0.2) is 0 Å². The number of amides is 2. The van der Waals surface area contributed by atoms with Crippen LogP contribution in [0.2, 0.25) is 0 Å². The normalized spacial score (nSPS) is 15.3. The van der Waals surface area contributed by atoms with Gasteiger partial charge in [-0.25, -0.2) is 0 Å². The number of likely N-dealkylation sites (tertiary alicyclic amines) is 1. The fourth-order valence-corrected chi connectivity index (χ4v) is 3.58. The highest BCUT2D eigenvalue weighted by Crippen LogP contribution is 2.25. The molecule has 0 spiro atoms. The second kappa shape index (κ2) is 9.55. The van der Waals surface area contributed by atoms with Gasteiger partial charge in [-0.1, -0.05) is 52.3 Å². The number of halogens is 1.